The lowest BCUT2D eigenvalue weighted by molar-refractivity contribution is 0.0519. The average Bonchev–Trinajstić information content (AvgIpc) is 2.87. The van der Waals surface area contributed by atoms with Crippen molar-refractivity contribution in [2.75, 3.05) is 11.9 Å². The fourth-order valence-corrected chi connectivity index (χ4v) is 3.92. The van der Waals surface area contributed by atoms with Crippen molar-refractivity contribution in [3.63, 3.8) is 0 Å². The van der Waals surface area contributed by atoms with Crippen molar-refractivity contribution in [1.82, 2.24) is 25.1 Å². The molecule has 0 bridgehead atoms. The van der Waals surface area contributed by atoms with Gasteiger partial charge in [0.1, 0.15) is 5.82 Å². The highest BCUT2D eigenvalue weighted by molar-refractivity contribution is 6.28. The lowest BCUT2D eigenvalue weighted by Crippen LogP contribution is -2.58. The van der Waals surface area contributed by atoms with Crippen LogP contribution in [0.3, 0.4) is 0 Å². The fraction of sp³-hybridized carbons (Fsp3) is 0.625. The van der Waals surface area contributed by atoms with Crippen LogP contribution < -0.4 is 5.32 Å². The topological polar surface area (TPSA) is 107 Å². The number of carboxylic acid groups (broad SMARTS) is 1. The van der Waals surface area contributed by atoms with Gasteiger partial charge in [0.15, 0.2) is 5.65 Å². The molecule has 3 N–H and O–H groups in total. The van der Waals surface area contributed by atoms with E-state index in [0.29, 0.717) is 18.0 Å². The minimum atomic E-state index is -0.892. The number of hydrogen-bond acceptors (Lipinski definition) is 5. The Morgan fingerprint density at radius 3 is 2.76 bits per heavy atom. The van der Waals surface area contributed by atoms with E-state index in [4.69, 9.17) is 11.6 Å². The summed E-state index contributed by atoms with van der Waals surface area (Å²) in [5, 5.41) is 21.0. The molecule has 3 heterocycles. The molecule has 0 spiro atoms. The average molecular weight is 367 g/mol. The monoisotopic (exact) mass is 366 g/mol. The van der Waals surface area contributed by atoms with Gasteiger partial charge in [0.25, 0.3) is 0 Å². The van der Waals surface area contributed by atoms with Crippen LogP contribution in [-0.4, -0.2) is 54.9 Å². The van der Waals surface area contributed by atoms with E-state index in [1.165, 1.54) is 4.90 Å². The quantitative estimate of drug-likeness (QED) is 0.704. The molecule has 2 unspecified atom stereocenters. The predicted octanol–water partition coefficient (Wildman–Crippen LogP) is 3.28. The van der Waals surface area contributed by atoms with Crippen LogP contribution in [0.4, 0.5) is 10.6 Å². The number of aromatic amines is 1. The van der Waals surface area contributed by atoms with E-state index >= 15 is 0 Å². The van der Waals surface area contributed by atoms with Gasteiger partial charge in [-0.15, -0.1) is 0 Å². The van der Waals surface area contributed by atoms with Crippen molar-refractivity contribution in [2.45, 2.75) is 52.6 Å². The van der Waals surface area contributed by atoms with E-state index in [1.54, 1.807) is 0 Å². The van der Waals surface area contributed by atoms with Crippen molar-refractivity contribution in [1.29, 1.82) is 0 Å². The van der Waals surface area contributed by atoms with Gasteiger partial charge in [-0.2, -0.15) is 15.1 Å². The largest absolute Gasteiger partial charge is 0.465 e. The normalized spacial score (nSPS) is 21.6. The number of hydrogen-bond donors (Lipinski definition) is 3. The number of aromatic nitrogens is 4. The predicted molar refractivity (Wildman–Crippen MR) is 96.0 cm³/mol. The van der Waals surface area contributed by atoms with E-state index in [0.717, 1.165) is 23.9 Å². The Bertz CT molecular complexity index is 800. The first kappa shape index (κ1) is 17.7. The standard InChI is InChI=1S/C16H23ClN6O2/c1-8-10-12(19-14(17)20-13(10)22-21-8)18-9-6-5-7-23(15(24)25)11(9)16(2,3)4/h9,11H,5-7H2,1-4H3,(H,24,25)(H2,18,19,20,21,22). The summed E-state index contributed by atoms with van der Waals surface area (Å²) < 4.78 is 0. The van der Waals surface area contributed by atoms with E-state index in [9.17, 15) is 9.90 Å². The van der Waals surface area contributed by atoms with Gasteiger partial charge in [-0.3, -0.25) is 5.10 Å². The molecule has 8 nitrogen and oxygen atoms in total. The molecule has 0 aromatic carbocycles. The molecular weight excluding hydrogens is 344 g/mol. The van der Waals surface area contributed by atoms with Crippen LogP contribution in [0.15, 0.2) is 0 Å². The lowest BCUT2D eigenvalue weighted by atomic mass is 9.77. The zero-order valence-corrected chi connectivity index (χ0v) is 15.6. The molecule has 2 aromatic rings. The number of halogens is 1. The maximum absolute atomic E-state index is 11.7. The van der Waals surface area contributed by atoms with Gasteiger partial charge in [0, 0.05) is 18.3 Å². The van der Waals surface area contributed by atoms with Gasteiger partial charge >= 0.3 is 6.09 Å². The molecule has 1 fully saturated rings. The number of H-pyrrole nitrogens is 1. The molecule has 9 heteroatoms. The SMILES string of the molecule is Cc1[nH]nc2nc(Cl)nc(NC3CCCN(C(=O)O)C3C(C)(C)C)c12. The minimum absolute atomic E-state index is 0.0756. The third kappa shape index (κ3) is 3.35. The summed E-state index contributed by atoms with van der Waals surface area (Å²) in [5.41, 5.74) is 1.11. The Morgan fingerprint density at radius 2 is 2.12 bits per heavy atom. The smallest absolute Gasteiger partial charge is 0.407 e. The van der Waals surface area contributed by atoms with E-state index in [1.807, 2.05) is 6.92 Å². The molecular formula is C16H23ClN6O2. The Balaban J connectivity index is 2.01. The second-order valence-corrected chi connectivity index (χ2v) is 7.91. The third-order valence-electron chi connectivity index (χ3n) is 4.65. The molecule has 2 atom stereocenters. The number of nitrogens with zero attached hydrogens (tertiary/aromatic N) is 4. The number of nitrogens with one attached hydrogen (secondary N) is 2. The highest BCUT2D eigenvalue weighted by Gasteiger charge is 2.42. The van der Waals surface area contributed by atoms with Crippen molar-refractivity contribution in [3.05, 3.63) is 11.0 Å². The van der Waals surface area contributed by atoms with Crippen LogP contribution in [0.25, 0.3) is 11.0 Å². The first-order valence-electron chi connectivity index (χ1n) is 8.33. The van der Waals surface area contributed by atoms with Crippen molar-refractivity contribution < 1.29 is 9.90 Å². The first-order chi connectivity index (χ1) is 11.7. The van der Waals surface area contributed by atoms with Crippen molar-refractivity contribution in [2.24, 2.45) is 5.41 Å². The Morgan fingerprint density at radius 1 is 1.40 bits per heavy atom. The maximum atomic E-state index is 11.7. The van der Waals surface area contributed by atoms with Crippen LogP contribution >= 0.6 is 11.6 Å². The molecule has 0 radical (unpaired) electrons. The van der Waals surface area contributed by atoms with Crippen LogP contribution in [0.1, 0.15) is 39.3 Å². The summed E-state index contributed by atoms with van der Waals surface area (Å²) in [6.45, 7) is 8.60. The highest BCUT2D eigenvalue weighted by atomic mass is 35.5. The summed E-state index contributed by atoms with van der Waals surface area (Å²) in [7, 11) is 0. The zero-order valence-electron chi connectivity index (χ0n) is 14.8. The minimum Gasteiger partial charge on any atom is -0.465 e. The summed E-state index contributed by atoms with van der Waals surface area (Å²) in [4.78, 5) is 21.7. The first-order valence-corrected chi connectivity index (χ1v) is 8.70. The Kier molecular flexibility index (Phi) is 4.49. The summed E-state index contributed by atoms with van der Waals surface area (Å²) in [5.74, 6) is 0.590. The zero-order chi connectivity index (χ0) is 18.4. The number of likely N-dealkylation sites (tertiary alicyclic amines) is 1. The van der Waals surface area contributed by atoms with Gasteiger partial charge < -0.3 is 15.3 Å². The Labute approximate surface area is 151 Å². The third-order valence-corrected chi connectivity index (χ3v) is 4.82. The number of fused-ring (bicyclic) bond motifs is 1. The molecule has 25 heavy (non-hydrogen) atoms. The molecule has 1 saturated heterocycles. The lowest BCUT2D eigenvalue weighted by Gasteiger charge is -2.47. The van der Waals surface area contributed by atoms with Gasteiger partial charge in [-0.05, 0) is 36.8 Å². The van der Waals surface area contributed by atoms with E-state index in [-0.39, 0.29) is 22.8 Å². The number of aryl methyl sites for hydroxylation is 1. The number of rotatable bonds is 2. The van der Waals surface area contributed by atoms with Crippen LogP contribution in [-0.2, 0) is 0 Å². The molecule has 3 rings (SSSR count). The van der Waals surface area contributed by atoms with Gasteiger partial charge in [0.05, 0.1) is 11.4 Å². The van der Waals surface area contributed by atoms with Gasteiger partial charge in [0.2, 0.25) is 5.28 Å². The molecule has 2 aromatic heterocycles. The number of anilines is 1. The van der Waals surface area contributed by atoms with E-state index in [2.05, 4.69) is 46.3 Å². The Hall–Kier alpha value is -2.09. The fourth-order valence-electron chi connectivity index (χ4n) is 3.75. The number of carbonyl (C=O) groups is 1. The summed E-state index contributed by atoms with van der Waals surface area (Å²) in [6.07, 6.45) is 0.756. The summed E-state index contributed by atoms with van der Waals surface area (Å²) in [6, 6.07) is -0.261. The number of amides is 1. The highest BCUT2D eigenvalue weighted by Crippen LogP contribution is 2.35. The van der Waals surface area contributed by atoms with Crippen LogP contribution in [0.2, 0.25) is 5.28 Å². The molecule has 0 aliphatic carbocycles. The molecule has 1 aliphatic rings. The van der Waals surface area contributed by atoms with Crippen molar-refractivity contribution in [3.8, 4) is 0 Å². The second kappa shape index (κ2) is 6.33. The van der Waals surface area contributed by atoms with Gasteiger partial charge in [-0.25, -0.2) is 4.79 Å². The molecule has 1 amide bonds. The van der Waals surface area contributed by atoms with Gasteiger partial charge in [-0.1, -0.05) is 20.8 Å². The molecule has 1 aliphatic heterocycles. The number of piperidine rings is 1. The molecule has 136 valence electrons. The van der Waals surface area contributed by atoms with Crippen LogP contribution in [0, 0.1) is 12.3 Å². The summed E-state index contributed by atoms with van der Waals surface area (Å²) >= 11 is 6.04. The van der Waals surface area contributed by atoms with Crippen LogP contribution in [0.5, 0.6) is 0 Å². The van der Waals surface area contributed by atoms with E-state index < -0.39 is 6.09 Å². The van der Waals surface area contributed by atoms with Crippen molar-refractivity contribution >= 4 is 34.5 Å². The molecule has 0 saturated carbocycles. The maximum Gasteiger partial charge on any atom is 0.407 e. The second-order valence-electron chi connectivity index (χ2n) is 7.57.